The van der Waals surface area contributed by atoms with E-state index in [2.05, 4.69) is 15.7 Å². The van der Waals surface area contributed by atoms with Crippen LogP contribution in [0, 0.1) is 13.8 Å². The lowest BCUT2D eigenvalue weighted by atomic mass is 10.0. The van der Waals surface area contributed by atoms with Crippen LogP contribution in [0.1, 0.15) is 41.5 Å². The molecule has 2 rings (SSSR count). The van der Waals surface area contributed by atoms with Gasteiger partial charge in [-0.05, 0) is 31.9 Å². The predicted molar refractivity (Wildman–Crippen MR) is 89.0 cm³/mol. The fourth-order valence-electron chi connectivity index (χ4n) is 2.63. The fraction of sp³-hybridized carbons (Fsp3) is 0.412. The molecule has 6 heteroatoms. The highest BCUT2D eigenvalue weighted by Gasteiger charge is 2.16. The minimum absolute atomic E-state index is 0.153. The van der Waals surface area contributed by atoms with E-state index in [0.29, 0.717) is 0 Å². The fourth-order valence-corrected chi connectivity index (χ4v) is 2.63. The maximum Gasteiger partial charge on any atom is 0.315 e. The number of amides is 2. The first-order chi connectivity index (χ1) is 10.9. The first kappa shape index (κ1) is 17.0. The van der Waals surface area contributed by atoms with Crippen molar-refractivity contribution in [1.82, 2.24) is 20.4 Å². The number of aliphatic hydroxyl groups excluding tert-OH is 1. The van der Waals surface area contributed by atoms with Gasteiger partial charge in [0, 0.05) is 25.4 Å². The van der Waals surface area contributed by atoms with Crippen LogP contribution in [0.3, 0.4) is 0 Å². The monoisotopic (exact) mass is 316 g/mol. The van der Waals surface area contributed by atoms with E-state index >= 15 is 0 Å². The van der Waals surface area contributed by atoms with Crippen LogP contribution >= 0.6 is 0 Å². The number of hydrogen-bond acceptors (Lipinski definition) is 3. The zero-order valence-corrected chi connectivity index (χ0v) is 14.0. The van der Waals surface area contributed by atoms with E-state index in [-0.39, 0.29) is 18.6 Å². The van der Waals surface area contributed by atoms with Gasteiger partial charge in [-0.1, -0.05) is 24.3 Å². The summed E-state index contributed by atoms with van der Waals surface area (Å²) in [6.07, 6.45) is 1.17. The molecule has 0 aliphatic heterocycles. The van der Waals surface area contributed by atoms with Crippen LogP contribution in [0.25, 0.3) is 0 Å². The molecule has 0 saturated carbocycles. The zero-order valence-electron chi connectivity index (χ0n) is 14.0. The molecule has 124 valence electrons. The summed E-state index contributed by atoms with van der Waals surface area (Å²) in [5, 5.41) is 20.0. The Morgan fingerprint density at radius 1 is 1.30 bits per heavy atom. The topological polar surface area (TPSA) is 79.2 Å². The summed E-state index contributed by atoms with van der Waals surface area (Å²) in [7, 11) is 1.85. The molecular weight excluding hydrogens is 292 g/mol. The Morgan fingerprint density at radius 2 is 2.00 bits per heavy atom. The molecule has 1 aromatic carbocycles. The number of aliphatic hydroxyl groups is 1. The summed E-state index contributed by atoms with van der Waals surface area (Å²) < 4.78 is 1.72. The Balaban J connectivity index is 1.88. The van der Waals surface area contributed by atoms with E-state index in [0.717, 1.165) is 22.4 Å². The van der Waals surface area contributed by atoms with Gasteiger partial charge in [0.25, 0.3) is 0 Å². The van der Waals surface area contributed by atoms with Gasteiger partial charge in [-0.25, -0.2) is 4.79 Å². The standard InChI is InChI=1S/C17H24N4O2/c1-11-7-5-6-8-14(11)16(22)9-18-17(23)19-12(2)15-10-21(4)20-13(15)3/h5-8,10,12,16,22H,9H2,1-4H3,(H2,18,19,23). The van der Waals surface area contributed by atoms with Crippen molar-refractivity contribution in [3.05, 3.63) is 52.8 Å². The van der Waals surface area contributed by atoms with Crippen molar-refractivity contribution in [2.75, 3.05) is 6.54 Å². The van der Waals surface area contributed by atoms with Gasteiger partial charge in [-0.15, -0.1) is 0 Å². The Bertz CT molecular complexity index is 681. The summed E-state index contributed by atoms with van der Waals surface area (Å²) in [5.41, 5.74) is 3.69. The zero-order chi connectivity index (χ0) is 17.0. The Labute approximate surface area is 136 Å². The number of nitrogens with zero attached hydrogens (tertiary/aromatic N) is 2. The van der Waals surface area contributed by atoms with E-state index in [1.54, 1.807) is 4.68 Å². The number of nitrogens with one attached hydrogen (secondary N) is 2. The molecule has 2 atom stereocenters. The van der Waals surface area contributed by atoms with E-state index in [4.69, 9.17) is 0 Å². The molecule has 1 aromatic heterocycles. The van der Waals surface area contributed by atoms with Gasteiger partial charge in [-0.3, -0.25) is 4.68 Å². The molecule has 0 fully saturated rings. The number of hydrogen-bond donors (Lipinski definition) is 3. The van der Waals surface area contributed by atoms with Crippen molar-refractivity contribution >= 4 is 6.03 Å². The first-order valence-corrected chi connectivity index (χ1v) is 7.66. The van der Waals surface area contributed by atoms with Crippen molar-refractivity contribution in [2.45, 2.75) is 32.9 Å². The summed E-state index contributed by atoms with van der Waals surface area (Å²) in [6, 6.07) is 7.13. The third-order valence-electron chi connectivity index (χ3n) is 3.87. The van der Waals surface area contributed by atoms with Crippen LogP contribution in [0.15, 0.2) is 30.5 Å². The highest BCUT2D eigenvalue weighted by atomic mass is 16.3. The molecule has 1 heterocycles. The number of aromatic nitrogens is 2. The number of carbonyl (C=O) groups excluding carboxylic acids is 1. The molecule has 0 saturated heterocycles. The third kappa shape index (κ3) is 4.32. The molecule has 3 N–H and O–H groups in total. The lowest BCUT2D eigenvalue weighted by Gasteiger charge is -2.17. The smallest absolute Gasteiger partial charge is 0.315 e. The number of urea groups is 1. The highest BCUT2D eigenvalue weighted by Crippen LogP contribution is 2.17. The van der Waals surface area contributed by atoms with E-state index in [9.17, 15) is 9.90 Å². The van der Waals surface area contributed by atoms with Crippen LogP contribution in [-0.4, -0.2) is 27.5 Å². The van der Waals surface area contributed by atoms with Gasteiger partial charge in [0.05, 0.1) is 17.8 Å². The Hall–Kier alpha value is -2.34. The average Bonchev–Trinajstić information content (AvgIpc) is 2.84. The van der Waals surface area contributed by atoms with Gasteiger partial charge in [0.2, 0.25) is 0 Å². The largest absolute Gasteiger partial charge is 0.387 e. The number of rotatable bonds is 5. The van der Waals surface area contributed by atoms with Crippen molar-refractivity contribution in [1.29, 1.82) is 0 Å². The second kappa shape index (κ2) is 7.28. The summed E-state index contributed by atoms with van der Waals surface area (Å²) >= 11 is 0. The maximum atomic E-state index is 12.0. The molecule has 0 spiro atoms. The van der Waals surface area contributed by atoms with Crippen molar-refractivity contribution in [3.63, 3.8) is 0 Å². The highest BCUT2D eigenvalue weighted by molar-refractivity contribution is 5.74. The molecule has 2 amide bonds. The van der Waals surface area contributed by atoms with Crippen LogP contribution in [0.4, 0.5) is 4.79 Å². The van der Waals surface area contributed by atoms with E-state index < -0.39 is 6.10 Å². The number of carbonyl (C=O) groups is 1. The van der Waals surface area contributed by atoms with Gasteiger partial charge in [-0.2, -0.15) is 5.10 Å². The van der Waals surface area contributed by atoms with E-state index in [1.807, 2.05) is 58.3 Å². The summed E-state index contributed by atoms with van der Waals surface area (Å²) in [5.74, 6) is 0. The second-order valence-electron chi connectivity index (χ2n) is 5.79. The van der Waals surface area contributed by atoms with Crippen LogP contribution in [0.2, 0.25) is 0 Å². The number of aryl methyl sites for hydroxylation is 3. The predicted octanol–water partition coefficient (Wildman–Crippen LogP) is 2.13. The van der Waals surface area contributed by atoms with Gasteiger partial charge in [0.1, 0.15) is 0 Å². The normalized spacial score (nSPS) is 13.4. The average molecular weight is 316 g/mol. The number of benzene rings is 1. The van der Waals surface area contributed by atoms with Gasteiger partial charge in [0.15, 0.2) is 0 Å². The van der Waals surface area contributed by atoms with Gasteiger partial charge < -0.3 is 15.7 Å². The Morgan fingerprint density at radius 3 is 2.61 bits per heavy atom. The molecule has 2 unspecified atom stereocenters. The van der Waals surface area contributed by atoms with E-state index in [1.165, 1.54) is 0 Å². The molecule has 0 aliphatic carbocycles. The summed E-state index contributed by atoms with van der Waals surface area (Å²) in [4.78, 5) is 12.0. The maximum absolute atomic E-state index is 12.0. The SMILES string of the molecule is Cc1ccccc1C(O)CNC(=O)NC(C)c1cn(C)nc1C. The van der Waals surface area contributed by atoms with Gasteiger partial charge >= 0.3 is 6.03 Å². The molecule has 2 aromatic rings. The van der Waals surface area contributed by atoms with Crippen LogP contribution < -0.4 is 10.6 Å². The van der Waals surface area contributed by atoms with Crippen molar-refractivity contribution in [2.24, 2.45) is 7.05 Å². The minimum Gasteiger partial charge on any atom is -0.387 e. The lowest BCUT2D eigenvalue weighted by Crippen LogP contribution is -2.39. The minimum atomic E-state index is -0.725. The Kier molecular flexibility index (Phi) is 5.39. The molecule has 6 nitrogen and oxygen atoms in total. The van der Waals surface area contributed by atoms with Crippen molar-refractivity contribution in [3.8, 4) is 0 Å². The third-order valence-corrected chi connectivity index (χ3v) is 3.87. The van der Waals surface area contributed by atoms with Crippen LogP contribution in [0.5, 0.6) is 0 Å². The molecule has 0 aliphatic rings. The first-order valence-electron chi connectivity index (χ1n) is 7.66. The molecule has 23 heavy (non-hydrogen) atoms. The van der Waals surface area contributed by atoms with Crippen molar-refractivity contribution < 1.29 is 9.90 Å². The molecule has 0 radical (unpaired) electrons. The molecule has 0 bridgehead atoms. The lowest BCUT2D eigenvalue weighted by molar-refractivity contribution is 0.172. The molecular formula is C17H24N4O2. The summed E-state index contributed by atoms with van der Waals surface area (Å²) in [6.45, 7) is 5.91. The second-order valence-corrected chi connectivity index (χ2v) is 5.79. The van der Waals surface area contributed by atoms with Crippen LogP contribution in [-0.2, 0) is 7.05 Å². The quantitative estimate of drug-likeness (QED) is 0.790.